The minimum Gasteiger partial charge on any atom is -0.475 e. The molecule has 164 valence electrons. The zero-order chi connectivity index (χ0) is 21.1. The van der Waals surface area contributed by atoms with Crippen LogP contribution in [0.3, 0.4) is 0 Å². The molecule has 6 rings (SSSR count). The molecular formula is C26H32N2O3. The van der Waals surface area contributed by atoms with Gasteiger partial charge in [0.1, 0.15) is 0 Å². The number of carbonyl (C=O) groups is 2. The molecule has 0 unspecified atom stereocenters. The van der Waals surface area contributed by atoms with Crippen molar-refractivity contribution in [1.29, 1.82) is 0 Å². The molecule has 4 bridgehead atoms. The topological polar surface area (TPSA) is 62.5 Å². The first-order valence-electron chi connectivity index (χ1n) is 12.2. The smallest absolute Gasteiger partial charge is 0.377 e. The molecule has 2 aliphatic carbocycles. The summed E-state index contributed by atoms with van der Waals surface area (Å²) in [4.78, 5) is 26.6. The van der Waals surface area contributed by atoms with E-state index in [1.807, 2.05) is 30.5 Å². The zero-order valence-electron chi connectivity index (χ0n) is 18.1. The first-order chi connectivity index (χ1) is 15.1. The van der Waals surface area contributed by atoms with Crippen LogP contribution in [0, 0.1) is 11.8 Å². The largest absolute Gasteiger partial charge is 0.475 e. The zero-order valence-corrected chi connectivity index (χ0v) is 18.1. The minimum atomic E-state index is -1.37. The fraction of sp³-hybridized carbons (Fsp3) is 0.615. The summed E-state index contributed by atoms with van der Waals surface area (Å²) in [5, 5.41) is 10.1. The third-order valence-electron chi connectivity index (χ3n) is 8.86. The van der Waals surface area contributed by atoms with Gasteiger partial charge < -0.3 is 9.67 Å². The van der Waals surface area contributed by atoms with Crippen molar-refractivity contribution in [2.45, 2.75) is 88.4 Å². The second-order valence-electron chi connectivity index (χ2n) is 10.6. The number of aliphatic carboxylic acids is 1. The minimum absolute atomic E-state index is 0.331. The monoisotopic (exact) mass is 420 g/mol. The average Bonchev–Trinajstić information content (AvgIpc) is 3.28. The van der Waals surface area contributed by atoms with Gasteiger partial charge in [0, 0.05) is 41.3 Å². The van der Waals surface area contributed by atoms with E-state index in [4.69, 9.17) is 0 Å². The standard InChI is InChI=1S/C26H32N2O3/c29-25(26(30)31)23-15-27(24-7-2-1-6-22(23)24)20-13-18-8-9-19(14-20)28(18)21-11-16-4-3-5-17(10-16)12-21/h1-2,6-7,15-21H,3-5,8-14H2,(H,30,31)/t16-,17+,18-,19+,20+,21+. The number of carboxylic acids is 1. The molecule has 1 aromatic heterocycles. The Morgan fingerprint density at radius 3 is 2.16 bits per heavy atom. The first-order valence-corrected chi connectivity index (χ1v) is 12.2. The molecule has 0 amide bonds. The lowest BCUT2D eigenvalue weighted by Crippen LogP contribution is -2.52. The maximum atomic E-state index is 12.3. The molecule has 3 heterocycles. The predicted molar refractivity (Wildman–Crippen MR) is 119 cm³/mol. The Kier molecular flexibility index (Phi) is 4.71. The van der Waals surface area contributed by atoms with Crippen LogP contribution in [0.4, 0.5) is 0 Å². The molecule has 31 heavy (non-hydrogen) atoms. The molecule has 5 nitrogen and oxygen atoms in total. The Bertz CT molecular complexity index is 1000. The van der Waals surface area contributed by atoms with E-state index in [2.05, 4.69) is 9.47 Å². The highest BCUT2D eigenvalue weighted by Crippen LogP contribution is 2.48. The van der Waals surface area contributed by atoms with E-state index >= 15 is 0 Å². The van der Waals surface area contributed by atoms with Gasteiger partial charge in [-0.2, -0.15) is 0 Å². The number of hydrogen-bond acceptors (Lipinski definition) is 3. The van der Waals surface area contributed by atoms with Gasteiger partial charge in [-0.25, -0.2) is 4.79 Å². The van der Waals surface area contributed by atoms with Crippen molar-refractivity contribution in [2.75, 3.05) is 0 Å². The Morgan fingerprint density at radius 1 is 0.806 bits per heavy atom. The van der Waals surface area contributed by atoms with Crippen molar-refractivity contribution in [3.8, 4) is 0 Å². The van der Waals surface area contributed by atoms with Crippen LogP contribution in [-0.2, 0) is 4.79 Å². The van der Waals surface area contributed by atoms with Crippen LogP contribution in [0.25, 0.3) is 10.9 Å². The molecular weight excluding hydrogens is 388 g/mol. The van der Waals surface area contributed by atoms with Gasteiger partial charge in [-0.1, -0.05) is 37.5 Å². The second kappa shape index (κ2) is 7.47. The van der Waals surface area contributed by atoms with Crippen molar-refractivity contribution >= 4 is 22.7 Å². The number of rotatable bonds is 4. The Hall–Kier alpha value is -2.14. The van der Waals surface area contributed by atoms with Crippen LogP contribution in [0.2, 0.25) is 0 Å². The van der Waals surface area contributed by atoms with Crippen LogP contribution in [-0.4, -0.2) is 44.5 Å². The maximum absolute atomic E-state index is 12.3. The molecule has 2 aromatic rings. The van der Waals surface area contributed by atoms with E-state index in [0.29, 0.717) is 23.7 Å². The van der Waals surface area contributed by atoms with E-state index in [9.17, 15) is 14.7 Å². The number of Topliss-reactive ketones (excluding diaryl/α,β-unsaturated/α-hetero) is 1. The molecule has 2 saturated carbocycles. The number of carbonyl (C=O) groups excluding carboxylic acids is 1. The number of piperidine rings is 1. The Morgan fingerprint density at radius 2 is 1.48 bits per heavy atom. The van der Waals surface area contributed by atoms with Gasteiger partial charge >= 0.3 is 5.97 Å². The summed E-state index contributed by atoms with van der Waals surface area (Å²) in [6, 6.07) is 10.2. The molecule has 1 aromatic carbocycles. The quantitative estimate of drug-likeness (QED) is 0.556. The SMILES string of the molecule is O=C(O)C(=O)c1cn([C@H]2C[C@H]3CC[C@@H](C2)N3[C@H]2C[C@@H]3CCC[C@@H](C3)C2)c2ccccc12. The van der Waals surface area contributed by atoms with Crippen molar-refractivity contribution < 1.29 is 14.7 Å². The van der Waals surface area contributed by atoms with E-state index in [0.717, 1.165) is 41.6 Å². The highest BCUT2D eigenvalue weighted by Gasteiger charge is 2.47. The molecule has 6 atom stereocenters. The van der Waals surface area contributed by atoms with Crippen LogP contribution in [0.1, 0.15) is 80.6 Å². The summed E-state index contributed by atoms with van der Waals surface area (Å²) < 4.78 is 2.23. The third-order valence-corrected chi connectivity index (χ3v) is 8.86. The van der Waals surface area contributed by atoms with Crippen molar-refractivity contribution in [2.24, 2.45) is 11.8 Å². The maximum Gasteiger partial charge on any atom is 0.377 e. The van der Waals surface area contributed by atoms with E-state index in [-0.39, 0.29) is 0 Å². The van der Waals surface area contributed by atoms with Gasteiger partial charge in [0.25, 0.3) is 5.78 Å². The lowest BCUT2D eigenvalue weighted by atomic mass is 9.69. The first kappa shape index (κ1) is 19.5. The lowest BCUT2D eigenvalue weighted by molar-refractivity contribution is -0.131. The summed E-state index contributed by atoms with van der Waals surface area (Å²) in [5.74, 6) is -0.273. The lowest BCUT2D eigenvalue weighted by Gasteiger charge is -2.49. The number of para-hydroxylation sites is 1. The fourth-order valence-corrected chi connectivity index (χ4v) is 7.75. The van der Waals surface area contributed by atoms with Gasteiger partial charge in [0.2, 0.25) is 0 Å². The number of nitrogens with zero attached hydrogens (tertiary/aromatic N) is 2. The van der Waals surface area contributed by atoms with E-state index in [1.54, 1.807) is 0 Å². The molecule has 4 aliphatic rings. The number of benzene rings is 1. The summed E-state index contributed by atoms with van der Waals surface area (Å²) in [5.41, 5.74) is 1.33. The van der Waals surface area contributed by atoms with Gasteiger partial charge in [0.15, 0.2) is 0 Å². The summed E-state index contributed by atoms with van der Waals surface area (Å²) >= 11 is 0. The molecule has 0 radical (unpaired) electrons. The average molecular weight is 421 g/mol. The number of hydrogen-bond donors (Lipinski definition) is 1. The molecule has 1 N–H and O–H groups in total. The van der Waals surface area contributed by atoms with Crippen LogP contribution in [0.15, 0.2) is 30.5 Å². The van der Waals surface area contributed by atoms with Gasteiger partial charge in [0.05, 0.1) is 5.56 Å². The Labute approximate surface area is 183 Å². The summed E-state index contributed by atoms with van der Waals surface area (Å²) in [7, 11) is 0. The fourth-order valence-electron chi connectivity index (χ4n) is 7.75. The summed E-state index contributed by atoms with van der Waals surface area (Å²) in [6.45, 7) is 0. The van der Waals surface area contributed by atoms with Crippen molar-refractivity contribution in [3.63, 3.8) is 0 Å². The number of fused-ring (bicyclic) bond motifs is 5. The second-order valence-corrected chi connectivity index (χ2v) is 10.6. The predicted octanol–water partition coefficient (Wildman–Crippen LogP) is 5.05. The number of ketones is 1. The molecule has 2 saturated heterocycles. The van der Waals surface area contributed by atoms with E-state index in [1.165, 1.54) is 51.4 Å². The van der Waals surface area contributed by atoms with Crippen LogP contribution >= 0.6 is 0 Å². The Balaban J connectivity index is 1.28. The molecule has 0 spiro atoms. The van der Waals surface area contributed by atoms with Crippen LogP contribution in [0.5, 0.6) is 0 Å². The van der Waals surface area contributed by atoms with Crippen LogP contribution < -0.4 is 0 Å². The highest BCUT2D eigenvalue weighted by atomic mass is 16.4. The normalized spacial score (nSPS) is 35.4. The van der Waals surface area contributed by atoms with Crippen molar-refractivity contribution in [1.82, 2.24) is 9.47 Å². The third kappa shape index (κ3) is 3.24. The van der Waals surface area contributed by atoms with Crippen molar-refractivity contribution in [3.05, 3.63) is 36.0 Å². The number of carboxylic acid groups (broad SMARTS) is 1. The molecule has 5 heteroatoms. The van der Waals surface area contributed by atoms with Gasteiger partial charge in [-0.15, -0.1) is 0 Å². The highest BCUT2D eigenvalue weighted by molar-refractivity contribution is 6.42. The van der Waals surface area contributed by atoms with E-state index < -0.39 is 11.8 Å². The number of aromatic nitrogens is 1. The van der Waals surface area contributed by atoms with Gasteiger partial charge in [-0.05, 0) is 62.8 Å². The summed E-state index contributed by atoms with van der Waals surface area (Å²) in [6.07, 6.45) is 15.2. The molecule has 2 aliphatic heterocycles. The van der Waals surface area contributed by atoms with Gasteiger partial charge in [-0.3, -0.25) is 9.69 Å². The molecule has 4 fully saturated rings.